The lowest BCUT2D eigenvalue weighted by atomic mass is 9.86. The molecule has 26 heavy (non-hydrogen) atoms. The van der Waals surface area contributed by atoms with Crippen LogP contribution < -0.4 is 5.43 Å². The average Bonchev–Trinajstić information content (AvgIpc) is 2.68. The number of nitrogens with one attached hydrogen (secondary N) is 1. The molecule has 4 nitrogen and oxygen atoms in total. The minimum atomic E-state index is -0.662. The number of carbonyl (C=O) groups excluding carboxylic acids is 1. The first-order chi connectivity index (χ1) is 12.6. The molecule has 2 aromatic rings. The molecule has 1 fully saturated rings. The first-order valence-electron chi connectivity index (χ1n) is 9.46. The predicted octanol–water partition coefficient (Wildman–Crippen LogP) is 3.22. The van der Waals surface area contributed by atoms with E-state index >= 15 is 0 Å². The maximum absolute atomic E-state index is 12.7. The second-order valence-corrected chi connectivity index (χ2v) is 7.19. The summed E-state index contributed by atoms with van der Waals surface area (Å²) in [6.07, 6.45) is 2.82. The van der Waals surface area contributed by atoms with Gasteiger partial charge in [-0.05, 0) is 24.8 Å². The van der Waals surface area contributed by atoms with E-state index in [-0.39, 0.29) is 11.8 Å². The maximum atomic E-state index is 12.7. The fraction of sp³-hybridized carbons (Fsp3) is 0.409. The number of hydrogen-bond acceptors (Lipinski definition) is 4. The molecule has 0 spiro atoms. The van der Waals surface area contributed by atoms with Gasteiger partial charge in [0.2, 0.25) is 0 Å². The highest BCUT2D eigenvalue weighted by Crippen LogP contribution is 2.26. The third kappa shape index (κ3) is 4.79. The van der Waals surface area contributed by atoms with E-state index in [0.29, 0.717) is 19.3 Å². The molecule has 1 unspecified atom stereocenters. The summed E-state index contributed by atoms with van der Waals surface area (Å²) in [6.45, 7) is 3.50. The zero-order valence-electron chi connectivity index (χ0n) is 15.4. The third-order valence-electron chi connectivity index (χ3n) is 5.19. The third-order valence-corrected chi connectivity index (χ3v) is 5.19. The van der Waals surface area contributed by atoms with Crippen molar-refractivity contribution in [1.82, 2.24) is 10.4 Å². The van der Waals surface area contributed by atoms with Gasteiger partial charge in [0.15, 0.2) is 5.78 Å². The maximum Gasteiger partial charge on any atom is 0.181 e. The molecular formula is C22H28N2O2. The monoisotopic (exact) mass is 352 g/mol. The van der Waals surface area contributed by atoms with E-state index in [0.717, 1.165) is 25.1 Å². The lowest BCUT2D eigenvalue weighted by molar-refractivity contribution is -0.0363. The van der Waals surface area contributed by atoms with E-state index < -0.39 is 5.60 Å². The number of Topliss-reactive ketones (excluding diaryl/α,β-unsaturated/α-hetero) is 1. The molecule has 1 saturated heterocycles. The van der Waals surface area contributed by atoms with Gasteiger partial charge in [0, 0.05) is 25.1 Å². The number of hydrogen-bond donors (Lipinski definition) is 2. The summed E-state index contributed by atoms with van der Waals surface area (Å²) in [4.78, 5) is 12.7. The Morgan fingerprint density at radius 3 is 2.23 bits per heavy atom. The van der Waals surface area contributed by atoms with E-state index in [4.69, 9.17) is 0 Å². The van der Waals surface area contributed by atoms with Crippen LogP contribution in [0.15, 0.2) is 60.7 Å². The molecular weight excluding hydrogens is 324 g/mol. The number of benzene rings is 2. The summed E-state index contributed by atoms with van der Waals surface area (Å²) >= 11 is 0. The molecule has 1 aliphatic rings. The highest BCUT2D eigenvalue weighted by molar-refractivity contribution is 5.99. The Kier molecular flexibility index (Phi) is 6.20. The summed E-state index contributed by atoms with van der Waals surface area (Å²) in [5, 5.41) is 13.0. The molecule has 0 radical (unpaired) electrons. The number of aliphatic hydroxyl groups is 1. The Bertz CT molecular complexity index is 695. The van der Waals surface area contributed by atoms with Crippen molar-refractivity contribution in [3.8, 4) is 0 Å². The van der Waals surface area contributed by atoms with Crippen molar-refractivity contribution in [3.63, 3.8) is 0 Å². The molecule has 0 aliphatic carbocycles. The number of ketones is 1. The van der Waals surface area contributed by atoms with Gasteiger partial charge in [0.25, 0.3) is 0 Å². The molecule has 0 saturated carbocycles. The first kappa shape index (κ1) is 18.8. The number of nitrogens with zero attached hydrogens (tertiary/aromatic N) is 1. The van der Waals surface area contributed by atoms with Crippen molar-refractivity contribution in [1.29, 1.82) is 0 Å². The molecule has 2 N–H and O–H groups in total. The molecule has 4 heteroatoms. The highest BCUT2D eigenvalue weighted by atomic mass is 16.3. The number of rotatable bonds is 7. The van der Waals surface area contributed by atoms with Crippen molar-refractivity contribution >= 4 is 5.78 Å². The Labute approximate surface area is 155 Å². The summed E-state index contributed by atoms with van der Waals surface area (Å²) in [5.74, 6) is 0.123. The van der Waals surface area contributed by atoms with Gasteiger partial charge >= 0.3 is 0 Å². The Balaban J connectivity index is 1.55. The molecule has 3 rings (SSSR count). The molecule has 1 heterocycles. The highest BCUT2D eigenvalue weighted by Gasteiger charge is 2.33. The van der Waals surface area contributed by atoms with Crippen LogP contribution in [-0.4, -0.2) is 40.6 Å². The normalized spacial score (nSPS) is 18.4. The van der Waals surface area contributed by atoms with Crippen molar-refractivity contribution < 1.29 is 9.90 Å². The average molecular weight is 352 g/mol. The smallest absolute Gasteiger partial charge is 0.181 e. The minimum absolute atomic E-state index is 0.123. The zero-order valence-corrected chi connectivity index (χ0v) is 15.4. The van der Waals surface area contributed by atoms with Crippen LogP contribution in [0.5, 0.6) is 0 Å². The molecule has 1 atom stereocenters. The quantitative estimate of drug-likeness (QED) is 0.751. The van der Waals surface area contributed by atoms with Crippen LogP contribution in [0.4, 0.5) is 0 Å². The predicted molar refractivity (Wildman–Crippen MR) is 104 cm³/mol. The minimum Gasteiger partial charge on any atom is -0.389 e. The van der Waals surface area contributed by atoms with Gasteiger partial charge in [-0.3, -0.25) is 4.79 Å². The van der Waals surface area contributed by atoms with Crippen LogP contribution in [0, 0.1) is 0 Å². The fourth-order valence-corrected chi connectivity index (χ4v) is 3.56. The van der Waals surface area contributed by atoms with Gasteiger partial charge in [0.05, 0.1) is 11.6 Å². The Morgan fingerprint density at radius 2 is 1.65 bits per heavy atom. The topological polar surface area (TPSA) is 52.6 Å². The molecule has 138 valence electrons. The second-order valence-electron chi connectivity index (χ2n) is 7.19. The van der Waals surface area contributed by atoms with Crippen LogP contribution in [-0.2, 0) is 6.42 Å². The van der Waals surface area contributed by atoms with E-state index in [9.17, 15) is 9.90 Å². The molecule has 0 bridgehead atoms. The molecule has 1 aliphatic heterocycles. The molecule has 0 amide bonds. The van der Waals surface area contributed by atoms with Crippen LogP contribution in [0.3, 0.4) is 0 Å². The van der Waals surface area contributed by atoms with E-state index in [1.54, 1.807) is 0 Å². The lowest BCUT2D eigenvalue weighted by Crippen LogP contribution is -2.55. The van der Waals surface area contributed by atoms with Crippen LogP contribution in [0.1, 0.15) is 42.1 Å². The number of carbonyl (C=O) groups is 1. The SMILES string of the molecule is CCC(NN1CCC(O)(Cc2ccccc2)CC1)C(=O)c1ccccc1. The number of hydrazine groups is 1. The van der Waals surface area contributed by atoms with Crippen molar-refractivity contribution in [2.24, 2.45) is 0 Å². The van der Waals surface area contributed by atoms with Crippen LogP contribution in [0.2, 0.25) is 0 Å². The summed E-state index contributed by atoms with van der Waals surface area (Å²) in [5.41, 5.74) is 4.63. The number of piperidine rings is 1. The Morgan fingerprint density at radius 1 is 1.08 bits per heavy atom. The summed E-state index contributed by atoms with van der Waals surface area (Å²) in [6, 6.07) is 19.4. The summed E-state index contributed by atoms with van der Waals surface area (Å²) in [7, 11) is 0. The van der Waals surface area contributed by atoms with Crippen molar-refractivity contribution in [2.45, 2.75) is 44.2 Å². The van der Waals surface area contributed by atoms with Crippen LogP contribution in [0.25, 0.3) is 0 Å². The van der Waals surface area contributed by atoms with Crippen molar-refractivity contribution in [3.05, 3.63) is 71.8 Å². The van der Waals surface area contributed by atoms with Gasteiger partial charge in [-0.1, -0.05) is 67.6 Å². The van der Waals surface area contributed by atoms with Gasteiger partial charge in [-0.15, -0.1) is 0 Å². The first-order valence-corrected chi connectivity index (χ1v) is 9.46. The molecule has 0 aromatic heterocycles. The standard InChI is InChI=1S/C22H28N2O2/c1-2-20(21(25)19-11-7-4-8-12-19)23-24-15-13-22(26,14-16-24)17-18-9-5-3-6-10-18/h3-12,20,23,26H,2,13-17H2,1H3. The Hall–Kier alpha value is -2.01. The molecule has 2 aromatic carbocycles. The fourth-order valence-electron chi connectivity index (χ4n) is 3.56. The largest absolute Gasteiger partial charge is 0.389 e. The van der Waals surface area contributed by atoms with Crippen molar-refractivity contribution in [2.75, 3.05) is 13.1 Å². The summed E-state index contributed by atoms with van der Waals surface area (Å²) < 4.78 is 0. The van der Waals surface area contributed by atoms with Gasteiger partial charge in [-0.25, -0.2) is 10.4 Å². The van der Waals surface area contributed by atoms with Gasteiger partial charge in [0.1, 0.15) is 0 Å². The van der Waals surface area contributed by atoms with Crippen LogP contribution >= 0.6 is 0 Å². The lowest BCUT2D eigenvalue weighted by Gasteiger charge is -2.39. The second kappa shape index (κ2) is 8.58. The zero-order chi connectivity index (χ0) is 18.4. The van der Waals surface area contributed by atoms with Gasteiger partial charge < -0.3 is 5.11 Å². The van der Waals surface area contributed by atoms with Gasteiger partial charge in [-0.2, -0.15) is 0 Å². The van der Waals surface area contributed by atoms with E-state index in [1.807, 2.05) is 55.5 Å². The van der Waals surface area contributed by atoms with E-state index in [1.165, 1.54) is 5.56 Å². The van der Waals surface area contributed by atoms with E-state index in [2.05, 4.69) is 22.6 Å².